The van der Waals surface area contributed by atoms with Gasteiger partial charge in [-0.05, 0) is 49.9 Å². The summed E-state index contributed by atoms with van der Waals surface area (Å²) in [6, 6.07) is 5.63. The summed E-state index contributed by atoms with van der Waals surface area (Å²) < 4.78 is 38.0. The summed E-state index contributed by atoms with van der Waals surface area (Å²) >= 11 is 0. The van der Waals surface area contributed by atoms with Crippen molar-refractivity contribution in [3.8, 4) is 5.69 Å². The Hall–Kier alpha value is -2.22. The predicted octanol–water partition coefficient (Wildman–Crippen LogP) is 1.42. The van der Waals surface area contributed by atoms with Gasteiger partial charge < -0.3 is 5.32 Å². The van der Waals surface area contributed by atoms with E-state index >= 15 is 0 Å². The lowest BCUT2D eigenvalue weighted by Gasteiger charge is -2.10. The third-order valence-corrected chi connectivity index (χ3v) is 6.55. The van der Waals surface area contributed by atoms with Crippen LogP contribution in [0, 0.1) is 5.82 Å². The van der Waals surface area contributed by atoms with Crippen molar-refractivity contribution in [1.82, 2.24) is 15.1 Å². The number of sulfone groups is 1. The standard InChI is InChI=1S/C17H18FN3O3S/c18-11-4-6-13(7-5-11)21-15-3-1-2-14(15)16(20-21)17(22)19-12-8-9-25(23,24)10-12/h4-7,12H,1-3,8-10H2,(H,19,22)/t12-/m1/s1. The molecule has 1 aliphatic heterocycles. The highest BCUT2D eigenvalue weighted by Gasteiger charge is 2.32. The van der Waals surface area contributed by atoms with Gasteiger partial charge in [-0.15, -0.1) is 0 Å². The van der Waals surface area contributed by atoms with E-state index in [-0.39, 0.29) is 29.3 Å². The molecule has 2 heterocycles. The first-order valence-corrected chi connectivity index (χ1v) is 10.1. The molecule has 1 N–H and O–H groups in total. The number of halogens is 1. The van der Waals surface area contributed by atoms with Crippen LogP contribution in [0.1, 0.15) is 34.6 Å². The van der Waals surface area contributed by atoms with Crippen molar-refractivity contribution in [2.24, 2.45) is 0 Å². The minimum absolute atomic E-state index is 0.0143. The SMILES string of the molecule is O=C(N[C@@H]1CCS(=O)(=O)C1)c1nn(-c2ccc(F)cc2)c2c1CCC2. The van der Waals surface area contributed by atoms with Crippen molar-refractivity contribution in [3.05, 3.63) is 47.0 Å². The van der Waals surface area contributed by atoms with Gasteiger partial charge in [-0.2, -0.15) is 5.10 Å². The number of aromatic nitrogens is 2. The van der Waals surface area contributed by atoms with Gasteiger partial charge in [-0.1, -0.05) is 0 Å². The number of amides is 1. The van der Waals surface area contributed by atoms with Crippen LogP contribution in [0.4, 0.5) is 4.39 Å². The predicted molar refractivity (Wildman–Crippen MR) is 90.1 cm³/mol. The Morgan fingerprint density at radius 2 is 2.00 bits per heavy atom. The highest BCUT2D eigenvalue weighted by atomic mass is 32.2. The molecule has 0 bridgehead atoms. The Morgan fingerprint density at radius 1 is 1.24 bits per heavy atom. The molecule has 0 saturated carbocycles. The monoisotopic (exact) mass is 363 g/mol. The summed E-state index contributed by atoms with van der Waals surface area (Å²) in [6.45, 7) is 0. The Bertz CT molecular complexity index is 935. The minimum Gasteiger partial charge on any atom is -0.347 e. The Labute approximate surface area is 145 Å². The number of fused-ring (bicyclic) bond motifs is 1. The number of carbonyl (C=O) groups is 1. The molecule has 2 aliphatic rings. The Kier molecular flexibility index (Phi) is 3.87. The molecule has 6 nitrogen and oxygen atoms in total. The quantitative estimate of drug-likeness (QED) is 0.894. The molecular formula is C17H18FN3O3S. The minimum atomic E-state index is -3.05. The van der Waals surface area contributed by atoms with Crippen LogP contribution in [0.25, 0.3) is 5.69 Å². The lowest BCUT2D eigenvalue weighted by Crippen LogP contribution is -2.36. The largest absolute Gasteiger partial charge is 0.347 e. The topological polar surface area (TPSA) is 81.1 Å². The summed E-state index contributed by atoms with van der Waals surface area (Å²) in [6.07, 6.45) is 2.95. The number of hydrogen-bond donors (Lipinski definition) is 1. The molecule has 132 valence electrons. The van der Waals surface area contributed by atoms with Gasteiger partial charge in [0.25, 0.3) is 5.91 Å². The van der Waals surface area contributed by atoms with Crippen molar-refractivity contribution in [2.75, 3.05) is 11.5 Å². The first kappa shape index (κ1) is 16.3. The third-order valence-electron chi connectivity index (χ3n) is 4.78. The molecule has 0 unspecified atom stereocenters. The number of hydrogen-bond acceptors (Lipinski definition) is 4. The molecule has 1 atom stereocenters. The third kappa shape index (κ3) is 3.06. The van der Waals surface area contributed by atoms with E-state index in [2.05, 4.69) is 10.4 Å². The van der Waals surface area contributed by atoms with Crippen molar-refractivity contribution >= 4 is 15.7 Å². The van der Waals surface area contributed by atoms with E-state index in [1.807, 2.05) is 0 Å². The fourth-order valence-electron chi connectivity index (χ4n) is 3.58. The molecule has 4 rings (SSSR count). The second-order valence-corrected chi connectivity index (χ2v) is 8.82. The summed E-state index contributed by atoms with van der Waals surface area (Å²) in [5.74, 6) is -0.561. The van der Waals surface area contributed by atoms with Crippen LogP contribution in [0.5, 0.6) is 0 Å². The van der Waals surface area contributed by atoms with E-state index in [0.717, 1.165) is 30.5 Å². The zero-order valence-electron chi connectivity index (χ0n) is 13.5. The van der Waals surface area contributed by atoms with Gasteiger partial charge in [-0.3, -0.25) is 4.79 Å². The molecule has 25 heavy (non-hydrogen) atoms. The van der Waals surface area contributed by atoms with E-state index in [0.29, 0.717) is 17.8 Å². The average molecular weight is 363 g/mol. The van der Waals surface area contributed by atoms with Crippen molar-refractivity contribution in [2.45, 2.75) is 31.7 Å². The second kappa shape index (κ2) is 5.94. The maximum Gasteiger partial charge on any atom is 0.272 e. The lowest BCUT2D eigenvalue weighted by molar-refractivity contribution is 0.0934. The molecule has 1 saturated heterocycles. The van der Waals surface area contributed by atoms with Gasteiger partial charge in [0.05, 0.1) is 17.2 Å². The highest BCUT2D eigenvalue weighted by molar-refractivity contribution is 7.91. The van der Waals surface area contributed by atoms with E-state index in [1.54, 1.807) is 16.8 Å². The van der Waals surface area contributed by atoms with Gasteiger partial charge in [-0.25, -0.2) is 17.5 Å². The van der Waals surface area contributed by atoms with Crippen LogP contribution in [0.3, 0.4) is 0 Å². The first-order valence-electron chi connectivity index (χ1n) is 8.31. The van der Waals surface area contributed by atoms with Crippen molar-refractivity contribution in [1.29, 1.82) is 0 Å². The average Bonchev–Trinajstić information content (AvgIpc) is 3.23. The number of benzene rings is 1. The fraction of sp³-hybridized carbons (Fsp3) is 0.412. The van der Waals surface area contributed by atoms with Crippen LogP contribution >= 0.6 is 0 Å². The van der Waals surface area contributed by atoms with Gasteiger partial charge in [0.2, 0.25) is 0 Å². The van der Waals surface area contributed by atoms with Crippen molar-refractivity contribution in [3.63, 3.8) is 0 Å². The number of rotatable bonds is 3. The molecule has 2 aromatic rings. The van der Waals surface area contributed by atoms with Crippen molar-refractivity contribution < 1.29 is 17.6 Å². The van der Waals surface area contributed by atoms with Gasteiger partial charge in [0.1, 0.15) is 5.82 Å². The lowest BCUT2D eigenvalue weighted by atomic mass is 10.1. The summed E-state index contributed by atoms with van der Waals surface area (Å²) in [4.78, 5) is 12.6. The second-order valence-electron chi connectivity index (χ2n) is 6.59. The summed E-state index contributed by atoms with van der Waals surface area (Å²) in [5, 5.41) is 7.24. The van der Waals surface area contributed by atoms with E-state index in [4.69, 9.17) is 0 Å². The molecule has 1 aromatic carbocycles. The maximum absolute atomic E-state index is 13.2. The van der Waals surface area contributed by atoms with E-state index in [1.165, 1.54) is 12.1 Å². The molecule has 1 aromatic heterocycles. The Balaban J connectivity index is 1.63. The molecule has 8 heteroatoms. The number of carbonyl (C=O) groups excluding carboxylic acids is 1. The van der Waals surface area contributed by atoms with Gasteiger partial charge in [0.15, 0.2) is 15.5 Å². The fourth-order valence-corrected chi connectivity index (χ4v) is 5.25. The Morgan fingerprint density at radius 3 is 2.68 bits per heavy atom. The number of nitrogens with zero attached hydrogens (tertiary/aromatic N) is 2. The van der Waals surface area contributed by atoms with Crippen LogP contribution < -0.4 is 5.32 Å². The van der Waals surface area contributed by atoms with Crippen LogP contribution in [0.15, 0.2) is 24.3 Å². The molecule has 1 amide bonds. The van der Waals surface area contributed by atoms with E-state index in [9.17, 15) is 17.6 Å². The van der Waals surface area contributed by atoms with E-state index < -0.39 is 9.84 Å². The molecule has 0 radical (unpaired) electrons. The highest BCUT2D eigenvalue weighted by Crippen LogP contribution is 2.28. The zero-order chi connectivity index (χ0) is 17.6. The van der Waals surface area contributed by atoms with Crippen LogP contribution in [0.2, 0.25) is 0 Å². The van der Waals surface area contributed by atoms with Gasteiger partial charge in [0, 0.05) is 17.3 Å². The molecule has 1 fully saturated rings. The zero-order valence-corrected chi connectivity index (χ0v) is 14.4. The van der Waals surface area contributed by atoms with Crippen LogP contribution in [-0.4, -0.2) is 41.7 Å². The molecule has 1 aliphatic carbocycles. The smallest absolute Gasteiger partial charge is 0.272 e. The summed E-state index contributed by atoms with van der Waals surface area (Å²) in [5.41, 5.74) is 2.93. The normalized spacial score (nSPS) is 21.2. The summed E-state index contributed by atoms with van der Waals surface area (Å²) in [7, 11) is -3.05. The van der Waals surface area contributed by atoms with Crippen LogP contribution in [-0.2, 0) is 22.7 Å². The van der Waals surface area contributed by atoms with Gasteiger partial charge >= 0.3 is 0 Å². The maximum atomic E-state index is 13.2. The first-order chi connectivity index (χ1) is 11.9. The number of nitrogens with one attached hydrogen (secondary N) is 1. The molecular weight excluding hydrogens is 345 g/mol. The molecule has 0 spiro atoms.